The van der Waals surface area contributed by atoms with Gasteiger partial charge in [0.25, 0.3) is 0 Å². The smallest absolute Gasteiger partial charge is 0.416 e. The summed E-state index contributed by atoms with van der Waals surface area (Å²) in [7, 11) is 1.53. The van der Waals surface area contributed by atoms with Crippen LogP contribution in [0.3, 0.4) is 0 Å². The Morgan fingerprint density at radius 3 is 2.60 bits per heavy atom. The zero-order chi connectivity index (χ0) is 41.4. The number of fused-ring (bicyclic) bond motifs is 2. The van der Waals surface area contributed by atoms with Crippen molar-refractivity contribution in [1.29, 1.82) is 0 Å². The average molecular weight is 809 g/mol. The second kappa shape index (κ2) is 16.4. The molecule has 1 aliphatic heterocycles. The Bertz CT molecular complexity index is 2300. The van der Waals surface area contributed by atoms with Crippen molar-refractivity contribution in [1.82, 2.24) is 25.6 Å². The normalized spacial score (nSPS) is 19.5. The molecule has 2 aromatic heterocycles. The van der Waals surface area contributed by atoms with Gasteiger partial charge in [0.05, 0.1) is 48.5 Å². The van der Waals surface area contributed by atoms with E-state index in [9.17, 15) is 33.3 Å². The summed E-state index contributed by atoms with van der Waals surface area (Å²) in [6, 6.07) is 11.5. The number of ether oxygens (including phenoxy) is 3. The number of H-pyrrole nitrogens is 1. The highest BCUT2D eigenvalue weighted by Crippen LogP contribution is 2.49. The van der Waals surface area contributed by atoms with E-state index in [1.54, 1.807) is 44.2 Å². The minimum atomic E-state index is -4.55. The molecule has 0 bridgehead atoms. The van der Waals surface area contributed by atoms with Crippen molar-refractivity contribution in [3.05, 3.63) is 65.5 Å². The first-order valence-electron chi connectivity index (χ1n) is 19.0. The van der Waals surface area contributed by atoms with Crippen molar-refractivity contribution >= 4 is 44.8 Å². The molecule has 5 aromatic rings. The Hall–Kier alpha value is -5.56. The molecule has 15 nitrogen and oxygen atoms in total. The van der Waals surface area contributed by atoms with Crippen LogP contribution < -0.4 is 41.2 Å². The molecule has 3 unspecified atom stereocenters. The van der Waals surface area contributed by atoms with Crippen LogP contribution in [0.5, 0.6) is 23.3 Å². The zero-order valence-electron chi connectivity index (χ0n) is 32.2. The van der Waals surface area contributed by atoms with E-state index in [2.05, 4.69) is 36.2 Å². The summed E-state index contributed by atoms with van der Waals surface area (Å²) in [4.78, 5) is 25.0. The predicted octanol–water partition coefficient (Wildman–Crippen LogP) is 5.45. The fraction of sp³-hybridized carbons (Fsp3) is 0.425. The number of carbonyl (C=O) groups is 1. The van der Waals surface area contributed by atoms with Crippen molar-refractivity contribution in [2.24, 2.45) is 5.41 Å². The number of nitrogen functional groups attached to an aromatic ring is 1. The number of rotatable bonds is 15. The number of nitrogens with one attached hydrogen (secondary N) is 5. The van der Waals surface area contributed by atoms with Crippen LogP contribution in [0.4, 0.5) is 30.4 Å². The number of halogens is 3. The highest BCUT2D eigenvalue weighted by atomic mass is 19.4. The van der Waals surface area contributed by atoms with Crippen molar-refractivity contribution in [3.63, 3.8) is 0 Å². The molecular weight excluding hydrogens is 761 g/mol. The fourth-order valence-corrected chi connectivity index (χ4v) is 7.20. The number of hydrogen-bond acceptors (Lipinski definition) is 13. The van der Waals surface area contributed by atoms with Crippen molar-refractivity contribution < 1.29 is 47.5 Å². The van der Waals surface area contributed by atoms with E-state index in [1.165, 1.54) is 13.2 Å². The summed E-state index contributed by atoms with van der Waals surface area (Å²) < 4.78 is 58.6. The number of aliphatic hydroxyl groups excluding tert-OH is 2. The van der Waals surface area contributed by atoms with Crippen LogP contribution in [0.2, 0.25) is 0 Å². The average Bonchev–Trinajstić information content (AvgIpc) is 3.87. The maximum atomic E-state index is 13.5. The molecule has 1 amide bonds. The van der Waals surface area contributed by atoms with Gasteiger partial charge in [0, 0.05) is 27.9 Å². The number of aromatic amines is 1. The zero-order valence-corrected chi connectivity index (χ0v) is 32.2. The second-order valence-corrected chi connectivity index (χ2v) is 15.0. The molecular formula is C40H47F3N8O7. The molecule has 0 spiro atoms. The number of aryl methyl sites for hydroxylation is 1. The van der Waals surface area contributed by atoms with Crippen LogP contribution in [0.25, 0.3) is 21.7 Å². The van der Waals surface area contributed by atoms with Gasteiger partial charge in [-0.15, -0.1) is 0 Å². The quantitative estimate of drug-likeness (QED) is 0.0475. The van der Waals surface area contributed by atoms with Gasteiger partial charge in [0.1, 0.15) is 30.2 Å². The third-order valence-corrected chi connectivity index (χ3v) is 10.6. The number of piperidine rings is 1. The number of carbonyl (C=O) groups excluding carboxylic acids is 1. The molecule has 58 heavy (non-hydrogen) atoms. The monoisotopic (exact) mass is 808 g/mol. The van der Waals surface area contributed by atoms with Gasteiger partial charge >= 0.3 is 6.18 Å². The number of anilines is 3. The SMILES string of the molecule is COc1cc2nc(C)nc(N[C@H](C)c3cc(N)cc(C(F)(F)F)c3)c2cc1OCC1(CCNCC(=O)Nc2cccc3c(O)[nH]c(OC4CCC(O)NC4O)c23)CC1. The molecule has 1 saturated carbocycles. The van der Waals surface area contributed by atoms with Gasteiger partial charge < -0.3 is 51.2 Å². The Kier molecular flexibility index (Phi) is 11.5. The van der Waals surface area contributed by atoms with E-state index in [0.717, 1.165) is 31.4 Å². The van der Waals surface area contributed by atoms with Crippen molar-refractivity contribution in [2.75, 3.05) is 43.2 Å². The summed E-state index contributed by atoms with van der Waals surface area (Å²) in [6.45, 7) is 4.38. The first-order valence-corrected chi connectivity index (χ1v) is 19.0. The molecule has 310 valence electrons. The van der Waals surface area contributed by atoms with E-state index < -0.39 is 36.3 Å². The fourth-order valence-electron chi connectivity index (χ4n) is 7.20. The Morgan fingerprint density at radius 2 is 1.88 bits per heavy atom. The molecule has 1 saturated heterocycles. The second-order valence-electron chi connectivity index (χ2n) is 15.0. The van der Waals surface area contributed by atoms with E-state index in [-0.39, 0.29) is 35.3 Å². The highest BCUT2D eigenvalue weighted by molar-refractivity contribution is 6.07. The number of alkyl halides is 3. The lowest BCUT2D eigenvalue weighted by Gasteiger charge is -2.31. The van der Waals surface area contributed by atoms with E-state index >= 15 is 0 Å². The number of methoxy groups -OCH3 is 1. The predicted molar refractivity (Wildman–Crippen MR) is 211 cm³/mol. The van der Waals surface area contributed by atoms with Crippen LogP contribution in [0.1, 0.15) is 62.0 Å². The lowest BCUT2D eigenvalue weighted by Crippen LogP contribution is -2.52. The maximum absolute atomic E-state index is 13.5. The molecule has 1 aliphatic carbocycles. The van der Waals surface area contributed by atoms with Gasteiger partial charge in [-0.25, -0.2) is 9.97 Å². The molecule has 18 heteroatoms. The number of nitrogens with zero attached hydrogens (tertiary/aromatic N) is 2. The number of nitrogens with two attached hydrogens (primary N) is 1. The van der Waals surface area contributed by atoms with Gasteiger partial charge in [-0.1, -0.05) is 6.07 Å². The third kappa shape index (κ3) is 9.09. The lowest BCUT2D eigenvalue weighted by atomic mass is 10.0. The highest BCUT2D eigenvalue weighted by Gasteiger charge is 2.43. The van der Waals surface area contributed by atoms with Crippen molar-refractivity contribution in [3.8, 4) is 23.3 Å². The summed E-state index contributed by atoms with van der Waals surface area (Å²) in [5.74, 6) is 1.52. The molecule has 3 heterocycles. The Labute approximate surface area is 331 Å². The van der Waals surface area contributed by atoms with E-state index in [4.69, 9.17) is 19.9 Å². The minimum absolute atomic E-state index is 0.00119. The number of hydrogen-bond donors (Lipinski definition) is 9. The van der Waals surface area contributed by atoms with E-state index in [0.29, 0.717) is 82.1 Å². The molecule has 7 rings (SSSR count). The largest absolute Gasteiger partial charge is 0.494 e. The van der Waals surface area contributed by atoms with Gasteiger partial charge in [-0.05, 0) is 94.5 Å². The molecule has 2 aliphatic rings. The van der Waals surface area contributed by atoms with E-state index in [1.807, 2.05) is 0 Å². The molecule has 3 aromatic carbocycles. The summed E-state index contributed by atoms with van der Waals surface area (Å²) in [5, 5.41) is 44.1. The lowest BCUT2D eigenvalue weighted by molar-refractivity contribution is -0.137. The first-order chi connectivity index (χ1) is 27.6. The van der Waals surface area contributed by atoms with Crippen LogP contribution in [0.15, 0.2) is 48.5 Å². The Balaban J connectivity index is 0.967. The number of aliphatic hydroxyl groups is 2. The maximum Gasteiger partial charge on any atom is 0.416 e. The molecule has 10 N–H and O–H groups in total. The van der Waals surface area contributed by atoms with Crippen LogP contribution in [-0.2, 0) is 11.0 Å². The summed E-state index contributed by atoms with van der Waals surface area (Å²) in [5.41, 5.74) is 6.20. The first kappa shape index (κ1) is 40.6. The standard InChI is InChI=1S/C40H47F3N8O7/c1-20(22-13-23(40(41,42)43)15-24(44)14-22)46-35-26-16-31(30(56-3)17-28(26)47-21(2)48-35)57-19-39(9-10-39)11-12-45-18-33(53)49-27-6-4-5-25-34(27)38(51-36(25)54)58-29-7-8-32(52)50-37(29)55/h4-6,13-17,20,29,32,37,45,50-52,54-55H,7-12,18-19,44H2,1-3H3,(H,49,53)(H,46,47,48)/t20-,29?,32?,37?/m1/s1. The number of amides is 1. The Morgan fingerprint density at radius 1 is 1.09 bits per heavy atom. The van der Waals surface area contributed by atoms with Gasteiger partial charge in [-0.2, -0.15) is 13.2 Å². The van der Waals surface area contributed by atoms with Gasteiger partial charge in [-0.3, -0.25) is 15.1 Å². The molecule has 2 fully saturated rings. The topological polar surface area (TPSA) is 221 Å². The summed E-state index contributed by atoms with van der Waals surface area (Å²) in [6.07, 6.45) is -3.89. The molecule has 0 radical (unpaired) electrons. The van der Waals surface area contributed by atoms with Crippen molar-refractivity contribution in [2.45, 2.75) is 76.7 Å². The third-order valence-electron chi connectivity index (χ3n) is 10.6. The van der Waals surface area contributed by atoms with Gasteiger partial charge in [0.15, 0.2) is 17.4 Å². The summed E-state index contributed by atoms with van der Waals surface area (Å²) >= 11 is 0. The number of benzene rings is 3. The van der Waals surface area contributed by atoms with Gasteiger partial charge in [0.2, 0.25) is 11.8 Å². The van der Waals surface area contributed by atoms with Crippen LogP contribution in [0, 0.1) is 12.3 Å². The molecule has 4 atom stereocenters. The minimum Gasteiger partial charge on any atom is -0.494 e. The van der Waals surface area contributed by atoms with Crippen LogP contribution >= 0.6 is 0 Å². The number of aromatic nitrogens is 3. The number of aromatic hydroxyl groups is 1. The van der Waals surface area contributed by atoms with Crippen LogP contribution in [-0.4, -0.2) is 81.5 Å².